The van der Waals surface area contributed by atoms with Crippen LogP contribution >= 0.6 is 11.6 Å². The highest BCUT2D eigenvalue weighted by molar-refractivity contribution is 6.33. The highest BCUT2D eigenvalue weighted by Gasteiger charge is 2.41. The minimum atomic E-state index is -0.211. The maximum absolute atomic E-state index is 11.1. The van der Waals surface area contributed by atoms with Gasteiger partial charge in [-0.1, -0.05) is 11.6 Å². The van der Waals surface area contributed by atoms with E-state index in [0.29, 0.717) is 53.3 Å². The van der Waals surface area contributed by atoms with Crippen LogP contribution in [0.4, 0.5) is 0 Å². The molecule has 3 heterocycles. The highest BCUT2D eigenvalue weighted by Crippen LogP contribution is 2.41. The lowest BCUT2D eigenvalue weighted by Gasteiger charge is -2.12. The third-order valence-corrected chi connectivity index (χ3v) is 6.33. The van der Waals surface area contributed by atoms with Crippen LogP contribution in [0.25, 0.3) is 22.6 Å². The molecule has 36 heavy (non-hydrogen) atoms. The fraction of sp³-hybridized carbons (Fsp3) is 0.346. The highest BCUT2D eigenvalue weighted by atomic mass is 35.5. The van der Waals surface area contributed by atoms with E-state index in [0.717, 1.165) is 29.7 Å². The number of hydrogen-bond donors (Lipinski definition) is 1. The van der Waals surface area contributed by atoms with Gasteiger partial charge >= 0.3 is 0 Å². The minimum absolute atomic E-state index is 0.101. The van der Waals surface area contributed by atoms with Crippen LogP contribution in [0.5, 0.6) is 11.6 Å². The first-order valence-corrected chi connectivity index (χ1v) is 12.2. The van der Waals surface area contributed by atoms with E-state index in [1.165, 1.54) is 13.3 Å². The van der Waals surface area contributed by atoms with Crippen molar-refractivity contribution in [1.29, 1.82) is 0 Å². The van der Waals surface area contributed by atoms with Gasteiger partial charge in [0.25, 0.3) is 0 Å². The van der Waals surface area contributed by atoms with Crippen LogP contribution in [-0.2, 0) is 11.3 Å². The number of carbonyl (C=O) groups excluding carboxylic acids is 1. The molecule has 5 rings (SSSR count). The Kier molecular flexibility index (Phi) is 6.49. The average molecular weight is 507 g/mol. The number of hydrogen-bond acceptors (Lipinski definition) is 7. The van der Waals surface area contributed by atoms with Crippen molar-refractivity contribution < 1.29 is 14.3 Å². The molecule has 1 amide bonds. The van der Waals surface area contributed by atoms with E-state index in [9.17, 15) is 4.79 Å². The number of carbonyl (C=O) groups is 1. The second-order valence-corrected chi connectivity index (χ2v) is 9.63. The maximum atomic E-state index is 11.1. The number of fused-ring (bicyclic) bond motifs is 1. The van der Waals surface area contributed by atoms with Gasteiger partial charge in [-0.05, 0) is 62.6 Å². The molecule has 1 aliphatic rings. The van der Waals surface area contributed by atoms with Crippen molar-refractivity contribution in [2.75, 3.05) is 13.2 Å². The number of ether oxygens (including phenoxy) is 2. The van der Waals surface area contributed by atoms with Crippen LogP contribution in [0.3, 0.4) is 0 Å². The Balaban J connectivity index is 1.53. The summed E-state index contributed by atoms with van der Waals surface area (Å²) in [5.41, 5.74) is 3.73. The number of halogens is 1. The van der Waals surface area contributed by atoms with Gasteiger partial charge in [0.15, 0.2) is 11.2 Å². The summed E-state index contributed by atoms with van der Waals surface area (Å²) in [6.45, 7) is 6.76. The van der Waals surface area contributed by atoms with Crippen molar-refractivity contribution in [3.63, 3.8) is 0 Å². The van der Waals surface area contributed by atoms with Crippen LogP contribution in [0, 0.1) is 6.92 Å². The molecule has 0 aliphatic heterocycles. The Hall–Kier alpha value is -3.72. The topological polar surface area (TPSA) is 104 Å². The van der Waals surface area contributed by atoms with Gasteiger partial charge in [-0.25, -0.2) is 9.97 Å². The second-order valence-electron chi connectivity index (χ2n) is 9.22. The lowest BCUT2D eigenvalue weighted by atomic mass is 10.2. The molecule has 1 aliphatic carbocycles. The summed E-state index contributed by atoms with van der Waals surface area (Å²) < 4.78 is 13.9. The Morgan fingerprint density at radius 1 is 1.19 bits per heavy atom. The van der Waals surface area contributed by atoms with Crippen LogP contribution in [0.1, 0.15) is 37.9 Å². The number of aromatic nitrogens is 5. The van der Waals surface area contributed by atoms with Gasteiger partial charge in [-0.3, -0.25) is 9.78 Å². The molecule has 1 N–H and O–H groups in total. The lowest BCUT2D eigenvalue weighted by molar-refractivity contribution is -0.119. The molecular formula is C26H27ClN6O3. The summed E-state index contributed by atoms with van der Waals surface area (Å²) >= 11 is 6.73. The van der Waals surface area contributed by atoms with Gasteiger partial charge in [0.05, 0.1) is 23.8 Å². The van der Waals surface area contributed by atoms with E-state index in [-0.39, 0.29) is 11.5 Å². The zero-order chi connectivity index (χ0) is 25.3. The van der Waals surface area contributed by atoms with E-state index in [1.54, 1.807) is 12.3 Å². The Bertz CT molecular complexity index is 1430. The van der Waals surface area contributed by atoms with Crippen LogP contribution in [0.2, 0.25) is 5.02 Å². The van der Waals surface area contributed by atoms with Gasteiger partial charge in [-0.2, -0.15) is 4.98 Å². The van der Waals surface area contributed by atoms with Crippen molar-refractivity contribution in [1.82, 2.24) is 29.8 Å². The lowest BCUT2D eigenvalue weighted by Crippen LogP contribution is -2.25. The summed E-state index contributed by atoms with van der Waals surface area (Å²) in [4.78, 5) is 29.4. The number of rotatable bonds is 9. The van der Waals surface area contributed by atoms with Crippen molar-refractivity contribution in [2.45, 2.75) is 45.8 Å². The van der Waals surface area contributed by atoms with Crippen LogP contribution in [-0.4, -0.2) is 49.2 Å². The summed E-state index contributed by atoms with van der Waals surface area (Å²) in [6, 6.07) is 9.44. The predicted octanol–water partition coefficient (Wildman–Crippen LogP) is 4.34. The summed E-state index contributed by atoms with van der Waals surface area (Å²) in [5, 5.41) is 3.18. The van der Waals surface area contributed by atoms with Crippen molar-refractivity contribution in [3.8, 4) is 23.0 Å². The Morgan fingerprint density at radius 3 is 2.75 bits per heavy atom. The first-order valence-electron chi connectivity index (χ1n) is 11.8. The van der Waals surface area contributed by atoms with Crippen LogP contribution < -0.4 is 14.8 Å². The average Bonchev–Trinajstić information content (AvgIpc) is 3.45. The Morgan fingerprint density at radius 2 is 2.03 bits per heavy atom. The van der Waals surface area contributed by atoms with E-state index in [1.807, 2.05) is 35.8 Å². The van der Waals surface area contributed by atoms with Gasteiger partial charge in [0.2, 0.25) is 11.8 Å². The number of nitrogens with zero attached hydrogens (tertiary/aromatic N) is 5. The van der Waals surface area contributed by atoms with E-state index in [4.69, 9.17) is 26.1 Å². The molecule has 1 saturated carbocycles. The standard InChI is InChI=1S/C26H27ClN6O3/c1-16-6-9-29-18(12-16)14-33-23(20-5-4-19(13-21(20)27)35-11-10-28-17(2)34)32-22-24(33)30-15-31-25(22)36-26(3)7-8-26/h4-6,9,12-13,15H,7-8,10-11,14H2,1-3H3,(H,28,34). The first kappa shape index (κ1) is 24.0. The van der Waals surface area contributed by atoms with Gasteiger partial charge in [0.1, 0.15) is 30.1 Å². The zero-order valence-electron chi connectivity index (χ0n) is 20.4. The largest absolute Gasteiger partial charge is 0.492 e. The second kappa shape index (κ2) is 9.73. The number of amides is 1. The van der Waals surface area contributed by atoms with Gasteiger partial charge in [0, 0.05) is 18.7 Å². The molecule has 0 spiro atoms. The molecule has 0 bridgehead atoms. The smallest absolute Gasteiger partial charge is 0.245 e. The quantitative estimate of drug-likeness (QED) is 0.336. The van der Waals surface area contributed by atoms with E-state index >= 15 is 0 Å². The number of nitrogens with one attached hydrogen (secondary N) is 1. The normalized spacial score (nSPS) is 14.0. The summed E-state index contributed by atoms with van der Waals surface area (Å²) in [7, 11) is 0. The SMILES string of the molecule is CC(=O)NCCOc1ccc(-c2nc3c(OC4(C)CC4)ncnc3n2Cc2cc(C)ccn2)c(Cl)c1. The third-order valence-electron chi connectivity index (χ3n) is 6.01. The molecule has 0 radical (unpaired) electrons. The molecule has 1 aromatic carbocycles. The molecule has 9 nitrogen and oxygen atoms in total. The molecule has 10 heteroatoms. The molecule has 0 atom stereocenters. The molecule has 0 unspecified atom stereocenters. The van der Waals surface area contributed by atoms with Gasteiger partial charge in [-0.15, -0.1) is 0 Å². The molecular weight excluding hydrogens is 480 g/mol. The zero-order valence-corrected chi connectivity index (χ0v) is 21.2. The fourth-order valence-electron chi connectivity index (χ4n) is 3.87. The number of benzene rings is 1. The predicted molar refractivity (Wildman–Crippen MR) is 136 cm³/mol. The van der Waals surface area contributed by atoms with Crippen LogP contribution in [0.15, 0.2) is 42.9 Å². The minimum Gasteiger partial charge on any atom is -0.492 e. The third kappa shape index (κ3) is 5.26. The maximum Gasteiger partial charge on any atom is 0.245 e. The first-order chi connectivity index (χ1) is 17.3. The molecule has 186 valence electrons. The van der Waals surface area contributed by atoms with E-state index in [2.05, 4.69) is 27.2 Å². The molecule has 3 aromatic heterocycles. The van der Waals surface area contributed by atoms with Crippen molar-refractivity contribution >= 4 is 28.7 Å². The summed E-state index contributed by atoms with van der Waals surface area (Å²) in [6.07, 6.45) is 5.26. The van der Waals surface area contributed by atoms with Crippen molar-refractivity contribution in [3.05, 3.63) is 59.1 Å². The molecule has 0 saturated heterocycles. The monoisotopic (exact) mass is 506 g/mol. The number of pyridine rings is 1. The number of imidazole rings is 1. The summed E-state index contributed by atoms with van der Waals surface area (Å²) in [5.74, 6) is 1.60. The number of aryl methyl sites for hydroxylation is 1. The molecule has 4 aromatic rings. The van der Waals surface area contributed by atoms with Crippen molar-refractivity contribution in [2.24, 2.45) is 0 Å². The molecule has 1 fully saturated rings. The van der Waals surface area contributed by atoms with Gasteiger partial charge < -0.3 is 19.4 Å². The Labute approximate surface area is 213 Å². The fourth-order valence-corrected chi connectivity index (χ4v) is 4.12. The van der Waals surface area contributed by atoms with E-state index < -0.39 is 0 Å².